The highest BCUT2D eigenvalue weighted by molar-refractivity contribution is 5.98. The Balaban J connectivity index is 1.75. The Bertz CT molecular complexity index is 625. The van der Waals surface area contributed by atoms with Gasteiger partial charge in [-0.2, -0.15) is 0 Å². The molecule has 1 unspecified atom stereocenters. The average Bonchev–Trinajstić information content (AvgIpc) is 2.62. The number of piperidine rings is 1. The second kappa shape index (κ2) is 6.75. The summed E-state index contributed by atoms with van der Waals surface area (Å²) in [7, 11) is 1.66. The number of methoxy groups -OCH3 is 1. The van der Waals surface area contributed by atoms with Gasteiger partial charge in [0.05, 0.1) is 7.11 Å². The number of Topliss-reactive ketones (excluding diaryl/α,β-unsaturated/α-hetero) is 1. The van der Waals surface area contributed by atoms with Gasteiger partial charge in [0.1, 0.15) is 5.75 Å². The van der Waals surface area contributed by atoms with Crippen LogP contribution < -0.4 is 10.1 Å². The minimum atomic E-state index is 0.126. The molecule has 1 aliphatic heterocycles. The zero-order valence-electron chi connectivity index (χ0n) is 12.8. The van der Waals surface area contributed by atoms with Gasteiger partial charge in [-0.05, 0) is 42.6 Å². The van der Waals surface area contributed by atoms with Gasteiger partial charge in [-0.1, -0.05) is 36.4 Å². The maximum absolute atomic E-state index is 12.5. The normalized spacial score (nSPS) is 18.0. The molecule has 0 aromatic heterocycles. The van der Waals surface area contributed by atoms with Crippen molar-refractivity contribution in [2.45, 2.75) is 12.8 Å². The molecule has 2 aromatic carbocycles. The van der Waals surface area contributed by atoms with Gasteiger partial charge in [-0.3, -0.25) is 4.79 Å². The zero-order chi connectivity index (χ0) is 15.4. The summed E-state index contributed by atoms with van der Waals surface area (Å²) in [6.07, 6.45) is 2.08. The van der Waals surface area contributed by atoms with Crippen LogP contribution in [0.1, 0.15) is 23.2 Å². The third-order valence-electron chi connectivity index (χ3n) is 4.26. The van der Waals surface area contributed by atoms with Gasteiger partial charge in [0, 0.05) is 18.0 Å². The van der Waals surface area contributed by atoms with Crippen LogP contribution in [0.4, 0.5) is 0 Å². The highest BCUT2D eigenvalue weighted by atomic mass is 16.5. The van der Waals surface area contributed by atoms with Crippen molar-refractivity contribution in [3.05, 3.63) is 54.1 Å². The standard InChI is InChI=1S/C19H21NO2/c1-22-18-10-8-15(9-11-18)14-4-6-16(7-5-14)19(21)17-3-2-12-20-13-17/h4-11,17,20H,2-3,12-13H2,1H3. The lowest BCUT2D eigenvalue weighted by molar-refractivity contribution is 0.0899. The molecule has 0 saturated carbocycles. The van der Waals surface area contributed by atoms with Crippen molar-refractivity contribution < 1.29 is 9.53 Å². The van der Waals surface area contributed by atoms with Gasteiger partial charge < -0.3 is 10.1 Å². The Morgan fingerprint density at radius 2 is 1.68 bits per heavy atom. The van der Waals surface area contributed by atoms with Crippen LogP contribution in [0.5, 0.6) is 5.75 Å². The van der Waals surface area contributed by atoms with E-state index in [9.17, 15) is 4.79 Å². The lowest BCUT2D eigenvalue weighted by Crippen LogP contribution is -2.34. The van der Waals surface area contributed by atoms with Crippen molar-refractivity contribution >= 4 is 5.78 Å². The molecule has 1 atom stereocenters. The molecule has 114 valence electrons. The Labute approximate surface area is 131 Å². The van der Waals surface area contributed by atoms with Crippen molar-refractivity contribution in [3.63, 3.8) is 0 Å². The van der Waals surface area contributed by atoms with E-state index in [-0.39, 0.29) is 11.7 Å². The minimum Gasteiger partial charge on any atom is -0.497 e. The highest BCUT2D eigenvalue weighted by Gasteiger charge is 2.21. The second-order valence-corrected chi connectivity index (χ2v) is 5.71. The lowest BCUT2D eigenvalue weighted by Gasteiger charge is -2.21. The third-order valence-corrected chi connectivity index (χ3v) is 4.26. The van der Waals surface area contributed by atoms with Crippen LogP contribution in [0.3, 0.4) is 0 Å². The number of hydrogen-bond acceptors (Lipinski definition) is 3. The van der Waals surface area contributed by atoms with Gasteiger partial charge in [0.2, 0.25) is 0 Å². The predicted octanol–water partition coefficient (Wildman–Crippen LogP) is 3.54. The summed E-state index contributed by atoms with van der Waals surface area (Å²) < 4.78 is 5.17. The minimum absolute atomic E-state index is 0.126. The number of carbonyl (C=O) groups excluding carboxylic acids is 1. The quantitative estimate of drug-likeness (QED) is 0.877. The number of benzene rings is 2. The number of rotatable bonds is 4. The summed E-state index contributed by atoms with van der Waals surface area (Å²) in [5.41, 5.74) is 3.05. The number of carbonyl (C=O) groups is 1. The molecule has 0 radical (unpaired) electrons. The fourth-order valence-corrected chi connectivity index (χ4v) is 2.92. The molecule has 1 aliphatic rings. The van der Waals surface area contributed by atoms with Crippen LogP contribution >= 0.6 is 0 Å². The second-order valence-electron chi connectivity index (χ2n) is 5.71. The molecule has 0 spiro atoms. The maximum atomic E-state index is 12.5. The van der Waals surface area contributed by atoms with Crippen molar-refractivity contribution in [1.82, 2.24) is 5.32 Å². The fourth-order valence-electron chi connectivity index (χ4n) is 2.92. The topological polar surface area (TPSA) is 38.3 Å². The van der Waals surface area contributed by atoms with E-state index in [1.54, 1.807) is 7.11 Å². The molecule has 1 N–H and O–H groups in total. The van der Waals surface area contributed by atoms with Gasteiger partial charge in [0.25, 0.3) is 0 Å². The van der Waals surface area contributed by atoms with E-state index >= 15 is 0 Å². The van der Waals surface area contributed by atoms with Crippen LogP contribution in [-0.4, -0.2) is 26.0 Å². The summed E-state index contributed by atoms with van der Waals surface area (Å²) in [5, 5.41) is 3.30. The molecule has 0 amide bonds. The van der Waals surface area contributed by atoms with Crippen LogP contribution in [0.25, 0.3) is 11.1 Å². The van der Waals surface area contributed by atoms with Crippen molar-refractivity contribution in [3.8, 4) is 16.9 Å². The monoisotopic (exact) mass is 295 g/mol. The first-order valence-electron chi connectivity index (χ1n) is 7.77. The Hall–Kier alpha value is -2.13. The highest BCUT2D eigenvalue weighted by Crippen LogP contribution is 2.24. The first-order chi connectivity index (χ1) is 10.8. The largest absolute Gasteiger partial charge is 0.497 e. The zero-order valence-corrected chi connectivity index (χ0v) is 12.8. The Morgan fingerprint density at radius 3 is 2.23 bits per heavy atom. The molecule has 3 heteroatoms. The van der Waals surface area contributed by atoms with Crippen LogP contribution in [-0.2, 0) is 0 Å². The van der Waals surface area contributed by atoms with Gasteiger partial charge >= 0.3 is 0 Å². The summed E-state index contributed by atoms with van der Waals surface area (Å²) in [6.45, 7) is 1.83. The van der Waals surface area contributed by atoms with Crippen LogP contribution in [0.15, 0.2) is 48.5 Å². The fraction of sp³-hybridized carbons (Fsp3) is 0.316. The summed E-state index contributed by atoms with van der Waals surface area (Å²) in [4.78, 5) is 12.5. The summed E-state index contributed by atoms with van der Waals surface area (Å²) >= 11 is 0. The molecule has 0 bridgehead atoms. The van der Waals surface area contributed by atoms with E-state index in [1.165, 1.54) is 0 Å². The number of nitrogens with one attached hydrogen (secondary N) is 1. The van der Waals surface area contributed by atoms with E-state index in [0.29, 0.717) is 0 Å². The first-order valence-corrected chi connectivity index (χ1v) is 7.77. The molecule has 3 rings (SSSR count). The smallest absolute Gasteiger partial charge is 0.167 e. The van der Waals surface area contributed by atoms with E-state index < -0.39 is 0 Å². The molecule has 1 saturated heterocycles. The van der Waals surface area contributed by atoms with Crippen molar-refractivity contribution in [2.75, 3.05) is 20.2 Å². The van der Waals surface area contributed by atoms with Gasteiger partial charge in [-0.25, -0.2) is 0 Å². The average molecular weight is 295 g/mol. The Kier molecular flexibility index (Phi) is 4.54. The molecule has 3 nitrogen and oxygen atoms in total. The molecule has 1 heterocycles. The molecule has 0 aliphatic carbocycles. The summed E-state index contributed by atoms with van der Waals surface area (Å²) in [6, 6.07) is 15.9. The predicted molar refractivity (Wildman–Crippen MR) is 88.4 cm³/mol. The SMILES string of the molecule is COc1ccc(-c2ccc(C(=O)C3CCCNC3)cc2)cc1. The van der Waals surface area contributed by atoms with Crippen LogP contribution in [0.2, 0.25) is 0 Å². The van der Waals surface area contributed by atoms with Gasteiger partial charge in [0.15, 0.2) is 5.78 Å². The first kappa shape index (κ1) is 14.8. The number of ether oxygens (including phenoxy) is 1. The molecule has 22 heavy (non-hydrogen) atoms. The summed E-state index contributed by atoms with van der Waals surface area (Å²) in [5.74, 6) is 1.23. The molecular weight excluding hydrogens is 274 g/mol. The third kappa shape index (κ3) is 3.20. The van der Waals surface area contributed by atoms with Gasteiger partial charge in [-0.15, -0.1) is 0 Å². The molecule has 1 fully saturated rings. The molecule has 2 aromatic rings. The van der Waals surface area contributed by atoms with E-state index in [2.05, 4.69) is 5.32 Å². The van der Waals surface area contributed by atoms with Crippen LogP contribution in [0, 0.1) is 5.92 Å². The van der Waals surface area contributed by atoms with E-state index in [0.717, 1.165) is 48.4 Å². The van der Waals surface area contributed by atoms with E-state index in [4.69, 9.17) is 4.74 Å². The maximum Gasteiger partial charge on any atom is 0.167 e. The lowest BCUT2D eigenvalue weighted by atomic mass is 9.90. The van der Waals surface area contributed by atoms with E-state index in [1.807, 2.05) is 48.5 Å². The Morgan fingerprint density at radius 1 is 1.05 bits per heavy atom. The molecular formula is C19H21NO2. The number of ketones is 1. The van der Waals surface area contributed by atoms with Crippen molar-refractivity contribution in [2.24, 2.45) is 5.92 Å². The number of hydrogen-bond donors (Lipinski definition) is 1. The van der Waals surface area contributed by atoms with Crippen molar-refractivity contribution in [1.29, 1.82) is 0 Å².